The molecule has 2 atom stereocenters. The normalized spacial score (nSPS) is 25.4. The predicted molar refractivity (Wildman–Crippen MR) is 128 cm³/mol. The second kappa shape index (κ2) is 7.43. The summed E-state index contributed by atoms with van der Waals surface area (Å²) in [5.41, 5.74) is 2.49. The van der Waals surface area contributed by atoms with Crippen molar-refractivity contribution in [2.24, 2.45) is 5.92 Å². The Balaban J connectivity index is 1.25. The van der Waals surface area contributed by atoms with E-state index in [1.54, 1.807) is 0 Å². The smallest absolute Gasteiger partial charge is 0.103 e. The van der Waals surface area contributed by atoms with Crippen molar-refractivity contribution in [3.8, 4) is 5.69 Å². The van der Waals surface area contributed by atoms with Crippen molar-refractivity contribution >= 4 is 28.2 Å². The monoisotopic (exact) mass is 470 g/mol. The first kappa shape index (κ1) is 21.4. The Bertz CT molecular complexity index is 1190. The van der Waals surface area contributed by atoms with Crippen LogP contribution in [-0.4, -0.2) is 80.1 Å². The molecule has 2 saturated heterocycles. The van der Waals surface area contributed by atoms with E-state index in [4.69, 9.17) is 16.3 Å². The maximum atomic E-state index is 10.3. The van der Waals surface area contributed by atoms with Gasteiger partial charge in [-0.1, -0.05) is 11.6 Å². The van der Waals surface area contributed by atoms with Crippen LogP contribution < -0.4 is 4.90 Å². The summed E-state index contributed by atoms with van der Waals surface area (Å²) in [6.07, 6.45) is 6.67. The number of halogens is 1. The van der Waals surface area contributed by atoms with Crippen LogP contribution in [0.15, 0.2) is 30.7 Å². The summed E-state index contributed by atoms with van der Waals surface area (Å²) in [6, 6.07) is 4.41. The fraction of sp³-hybridized carbons (Fsp3) is 0.583. The van der Waals surface area contributed by atoms with Gasteiger partial charge < -0.3 is 14.7 Å². The Kier molecular flexibility index (Phi) is 4.82. The highest BCUT2D eigenvalue weighted by atomic mass is 35.5. The zero-order valence-electron chi connectivity index (χ0n) is 19.4. The van der Waals surface area contributed by atoms with E-state index in [0.29, 0.717) is 0 Å². The first-order valence-electron chi connectivity index (χ1n) is 11.7. The van der Waals surface area contributed by atoms with E-state index in [2.05, 4.69) is 33.0 Å². The van der Waals surface area contributed by atoms with Gasteiger partial charge in [0.1, 0.15) is 5.69 Å². The van der Waals surface area contributed by atoms with Crippen molar-refractivity contribution in [3.63, 3.8) is 0 Å². The average molecular weight is 471 g/mol. The first-order chi connectivity index (χ1) is 15.7. The van der Waals surface area contributed by atoms with E-state index in [9.17, 15) is 5.11 Å². The van der Waals surface area contributed by atoms with Gasteiger partial charge in [-0.3, -0.25) is 9.58 Å². The molecule has 0 bridgehead atoms. The lowest BCUT2D eigenvalue weighted by atomic mass is 9.97. The van der Waals surface area contributed by atoms with E-state index in [-0.39, 0.29) is 17.5 Å². The van der Waals surface area contributed by atoms with E-state index >= 15 is 0 Å². The number of piperazine rings is 1. The molecule has 6 rings (SSSR count). The van der Waals surface area contributed by atoms with Gasteiger partial charge in [0.05, 0.1) is 65.2 Å². The number of fused-ring (bicyclic) bond motifs is 1. The van der Waals surface area contributed by atoms with E-state index in [1.165, 1.54) is 0 Å². The molecule has 3 fully saturated rings. The van der Waals surface area contributed by atoms with Gasteiger partial charge in [0, 0.05) is 37.5 Å². The number of hydrogen-bond donors (Lipinski definition) is 1. The lowest BCUT2D eigenvalue weighted by Gasteiger charge is -2.50. The van der Waals surface area contributed by atoms with Crippen LogP contribution in [0.3, 0.4) is 0 Å². The summed E-state index contributed by atoms with van der Waals surface area (Å²) < 4.78 is 9.35. The van der Waals surface area contributed by atoms with E-state index in [1.807, 2.05) is 47.9 Å². The largest absolute Gasteiger partial charge is 0.390 e. The molecular weight excluding hydrogens is 440 g/mol. The van der Waals surface area contributed by atoms with Gasteiger partial charge in [-0.15, -0.1) is 0 Å². The van der Waals surface area contributed by atoms with Crippen molar-refractivity contribution in [2.75, 3.05) is 44.3 Å². The quantitative estimate of drug-likeness (QED) is 0.617. The highest BCUT2D eigenvalue weighted by molar-refractivity contribution is 6.34. The lowest BCUT2D eigenvalue weighted by Crippen LogP contribution is -2.64. The van der Waals surface area contributed by atoms with Crippen molar-refractivity contribution < 1.29 is 9.84 Å². The number of nitrogens with zero attached hydrogens (tertiary/aromatic N) is 6. The minimum absolute atomic E-state index is 0.185. The average Bonchev–Trinajstić information content (AvgIpc) is 3.27. The van der Waals surface area contributed by atoms with Crippen LogP contribution >= 0.6 is 11.6 Å². The molecular formula is C24H31ClN6O2. The number of anilines is 1. The van der Waals surface area contributed by atoms with Crippen LogP contribution in [0.1, 0.15) is 33.2 Å². The Morgan fingerprint density at radius 2 is 1.88 bits per heavy atom. The van der Waals surface area contributed by atoms with Gasteiger partial charge in [-0.05, 0) is 39.3 Å². The molecule has 1 aliphatic carbocycles. The second-order valence-electron chi connectivity index (χ2n) is 10.6. The summed E-state index contributed by atoms with van der Waals surface area (Å²) in [7, 11) is 0. The molecule has 33 heavy (non-hydrogen) atoms. The third-order valence-corrected chi connectivity index (χ3v) is 7.99. The molecule has 9 heteroatoms. The third kappa shape index (κ3) is 3.64. The number of rotatable bonds is 5. The fourth-order valence-corrected chi connectivity index (χ4v) is 5.69. The fourth-order valence-electron chi connectivity index (χ4n) is 5.40. The van der Waals surface area contributed by atoms with Crippen LogP contribution in [0, 0.1) is 5.92 Å². The van der Waals surface area contributed by atoms with Gasteiger partial charge in [0.2, 0.25) is 0 Å². The molecule has 2 aliphatic heterocycles. The molecule has 0 spiro atoms. The molecule has 0 radical (unpaired) electrons. The minimum Gasteiger partial charge on any atom is -0.390 e. The Labute approximate surface area is 198 Å². The zero-order chi connectivity index (χ0) is 23.0. The molecule has 8 nitrogen and oxygen atoms in total. The Morgan fingerprint density at radius 3 is 2.52 bits per heavy atom. The topological polar surface area (TPSA) is 71.6 Å². The molecule has 2 aromatic heterocycles. The van der Waals surface area contributed by atoms with Crippen molar-refractivity contribution in [1.82, 2.24) is 24.5 Å². The number of aromatic nitrogens is 4. The van der Waals surface area contributed by atoms with E-state index in [0.717, 1.165) is 73.1 Å². The minimum atomic E-state index is -0.687. The molecule has 3 aromatic rings. The van der Waals surface area contributed by atoms with E-state index < -0.39 is 5.60 Å². The number of benzene rings is 1. The van der Waals surface area contributed by atoms with Gasteiger partial charge in [-0.2, -0.15) is 10.2 Å². The Morgan fingerprint density at radius 1 is 1.12 bits per heavy atom. The second-order valence-corrected chi connectivity index (χ2v) is 11.0. The number of ether oxygens (including phenoxy) is 1. The summed E-state index contributed by atoms with van der Waals surface area (Å²) in [6.45, 7) is 11.6. The summed E-state index contributed by atoms with van der Waals surface area (Å²) in [5, 5.41) is 21.3. The molecule has 1 aromatic carbocycles. The third-order valence-electron chi connectivity index (χ3n) is 7.68. The SMILES string of the molecule is CC(C)(O)[C@H]1C[C@@H]1n1cc(-n2ncc3cc(Cl)c(N4CCN(C5(C)COC5)CC4)cc32)cn1. The molecule has 3 aliphatic rings. The van der Waals surface area contributed by atoms with Crippen LogP contribution in [-0.2, 0) is 4.74 Å². The van der Waals surface area contributed by atoms with Gasteiger partial charge in [-0.25, -0.2) is 4.68 Å². The standard InChI is InChI=1S/C24H31ClN6O2/c1-23(2,32)18-9-21(18)30-13-17(12-26-30)31-20-10-22(19(25)8-16(20)11-27-31)28-4-6-29(7-5-28)24(3)14-33-15-24/h8,10-13,18,21,32H,4-7,9,14-15H2,1-3H3/t18-,21-/m0/s1. The van der Waals surface area contributed by atoms with Crippen molar-refractivity contribution in [2.45, 2.75) is 44.4 Å². The van der Waals surface area contributed by atoms with Crippen LogP contribution in [0.4, 0.5) is 5.69 Å². The molecule has 176 valence electrons. The van der Waals surface area contributed by atoms with Gasteiger partial charge in [0.15, 0.2) is 0 Å². The highest BCUT2D eigenvalue weighted by Gasteiger charge is 2.48. The summed E-state index contributed by atoms with van der Waals surface area (Å²) in [4.78, 5) is 4.91. The van der Waals surface area contributed by atoms with Crippen LogP contribution in [0.5, 0.6) is 0 Å². The van der Waals surface area contributed by atoms with Crippen LogP contribution in [0.2, 0.25) is 5.02 Å². The zero-order valence-corrected chi connectivity index (χ0v) is 20.2. The summed E-state index contributed by atoms with van der Waals surface area (Å²) >= 11 is 6.72. The molecule has 4 heterocycles. The van der Waals surface area contributed by atoms with Gasteiger partial charge >= 0.3 is 0 Å². The van der Waals surface area contributed by atoms with Crippen molar-refractivity contribution in [1.29, 1.82) is 0 Å². The maximum Gasteiger partial charge on any atom is 0.103 e. The lowest BCUT2D eigenvalue weighted by molar-refractivity contribution is -0.131. The summed E-state index contributed by atoms with van der Waals surface area (Å²) in [5.74, 6) is 0.234. The van der Waals surface area contributed by atoms with Crippen LogP contribution in [0.25, 0.3) is 16.6 Å². The Hall–Kier alpha value is -2.13. The first-order valence-corrected chi connectivity index (χ1v) is 12.1. The molecule has 0 unspecified atom stereocenters. The number of hydrogen-bond acceptors (Lipinski definition) is 6. The number of aliphatic hydroxyl groups is 1. The van der Waals surface area contributed by atoms with Gasteiger partial charge in [0.25, 0.3) is 0 Å². The highest BCUT2D eigenvalue weighted by Crippen LogP contribution is 2.49. The van der Waals surface area contributed by atoms with Crippen molar-refractivity contribution in [3.05, 3.63) is 35.7 Å². The molecule has 1 N–H and O–H groups in total. The maximum absolute atomic E-state index is 10.3. The molecule has 0 amide bonds. The predicted octanol–water partition coefficient (Wildman–Crippen LogP) is 3.12. The molecule has 1 saturated carbocycles.